The van der Waals surface area contributed by atoms with Crippen molar-refractivity contribution in [3.63, 3.8) is 0 Å². The van der Waals surface area contributed by atoms with Gasteiger partial charge < -0.3 is 10.7 Å². The highest BCUT2D eigenvalue weighted by Gasteiger charge is 2.02. The Labute approximate surface area is 110 Å². The third-order valence-corrected chi connectivity index (χ3v) is 3.32. The van der Waals surface area contributed by atoms with Gasteiger partial charge in [-0.3, -0.25) is 0 Å². The summed E-state index contributed by atoms with van der Waals surface area (Å²) < 4.78 is 0. The van der Waals surface area contributed by atoms with E-state index in [0.29, 0.717) is 11.6 Å². The summed E-state index contributed by atoms with van der Waals surface area (Å²) in [7, 11) is 0. The smallest absolute Gasteiger partial charge is 0.145 e. The zero-order valence-corrected chi connectivity index (χ0v) is 11.2. The molecule has 0 bridgehead atoms. The Morgan fingerprint density at radius 3 is 2.67 bits per heavy atom. The normalized spacial score (nSPS) is 10.4. The maximum absolute atomic E-state index is 5.33. The first-order valence-corrected chi connectivity index (χ1v) is 6.52. The summed E-state index contributed by atoms with van der Waals surface area (Å²) in [5, 5.41) is 6.42. The van der Waals surface area contributed by atoms with Crippen LogP contribution in [-0.4, -0.2) is 21.5 Å². The highest BCUT2D eigenvalue weighted by atomic mass is 32.1. The quantitative estimate of drug-likeness (QED) is 0.560. The van der Waals surface area contributed by atoms with Crippen LogP contribution in [0.5, 0.6) is 0 Å². The van der Waals surface area contributed by atoms with Crippen LogP contribution in [0.2, 0.25) is 0 Å². The van der Waals surface area contributed by atoms with Crippen molar-refractivity contribution in [3.05, 3.63) is 28.0 Å². The van der Waals surface area contributed by atoms with Gasteiger partial charge in [0.25, 0.3) is 0 Å². The Bertz CT molecular complexity index is 524. The fourth-order valence-electron chi connectivity index (χ4n) is 1.55. The van der Waals surface area contributed by atoms with Gasteiger partial charge in [0.05, 0.1) is 5.01 Å². The first-order valence-electron chi connectivity index (χ1n) is 5.64. The zero-order chi connectivity index (χ0) is 13.0. The molecule has 96 valence electrons. The van der Waals surface area contributed by atoms with E-state index in [2.05, 4.69) is 31.1 Å². The monoisotopic (exact) mass is 264 g/mol. The molecule has 0 spiro atoms. The van der Waals surface area contributed by atoms with Crippen LogP contribution in [0.3, 0.4) is 0 Å². The van der Waals surface area contributed by atoms with Crippen LogP contribution in [-0.2, 0) is 6.42 Å². The van der Waals surface area contributed by atoms with Crippen molar-refractivity contribution in [2.75, 3.05) is 17.3 Å². The van der Waals surface area contributed by atoms with E-state index >= 15 is 0 Å². The number of nitrogen functional groups attached to an aromatic ring is 1. The average molecular weight is 264 g/mol. The molecule has 0 amide bonds. The van der Waals surface area contributed by atoms with E-state index in [0.717, 1.165) is 29.5 Å². The average Bonchev–Trinajstić information content (AvgIpc) is 2.74. The zero-order valence-electron chi connectivity index (χ0n) is 10.4. The second-order valence-corrected chi connectivity index (χ2v) is 4.83. The predicted octanol–water partition coefficient (Wildman–Crippen LogP) is 1.49. The third kappa shape index (κ3) is 3.38. The maximum Gasteiger partial charge on any atom is 0.145 e. The number of hydrogen-bond donors (Lipinski definition) is 3. The van der Waals surface area contributed by atoms with Gasteiger partial charge in [0.2, 0.25) is 0 Å². The topological polar surface area (TPSA) is 88.8 Å². The molecule has 0 aliphatic carbocycles. The summed E-state index contributed by atoms with van der Waals surface area (Å²) in [6, 6.07) is 1.78. The Hall–Kier alpha value is -1.73. The molecule has 0 radical (unpaired) electrons. The molecule has 2 aromatic rings. The second kappa shape index (κ2) is 5.74. The SMILES string of the molecule is Cc1csc(CCNc2cc(NN)nc(C)n2)n1. The summed E-state index contributed by atoms with van der Waals surface area (Å²) in [5.74, 6) is 7.39. The number of aromatic nitrogens is 3. The lowest BCUT2D eigenvalue weighted by atomic mass is 10.4. The lowest BCUT2D eigenvalue weighted by Crippen LogP contribution is -2.12. The van der Waals surface area contributed by atoms with Gasteiger partial charge in [-0.15, -0.1) is 11.3 Å². The summed E-state index contributed by atoms with van der Waals surface area (Å²) in [4.78, 5) is 12.8. The minimum atomic E-state index is 0.607. The van der Waals surface area contributed by atoms with Gasteiger partial charge in [-0.2, -0.15) is 0 Å². The number of thiazole rings is 1. The van der Waals surface area contributed by atoms with Crippen LogP contribution in [0.4, 0.5) is 11.6 Å². The van der Waals surface area contributed by atoms with E-state index in [4.69, 9.17) is 5.84 Å². The van der Waals surface area contributed by atoms with Crippen molar-refractivity contribution in [3.8, 4) is 0 Å². The van der Waals surface area contributed by atoms with E-state index in [1.807, 2.05) is 13.8 Å². The molecule has 0 fully saturated rings. The molecular formula is C11H16N6S. The lowest BCUT2D eigenvalue weighted by molar-refractivity contribution is 0.962. The first kappa shape index (κ1) is 12.7. The highest BCUT2D eigenvalue weighted by Crippen LogP contribution is 2.12. The van der Waals surface area contributed by atoms with Crippen LogP contribution in [0, 0.1) is 13.8 Å². The molecule has 2 heterocycles. The molecular weight excluding hydrogens is 248 g/mol. The summed E-state index contributed by atoms with van der Waals surface area (Å²) in [5.41, 5.74) is 3.59. The standard InChI is InChI=1S/C11H16N6S/c1-7-6-18-11(14-7)3-4-13-9-5-10(17-12)16-8(2)15-9/h5-6H,3-4,12H2,1-2H3,(H2,13,15,16,17). The van der Waals surface area contributed by atoms with Gasteiger partial charge in [-0.25, -0.2) is 20.8 Å². The van der Waals surface area contributed by atoms with Crippen molar-refractivity contribution in [2.24, 2.45) is 5.84 Å². The number of nitrogens with two attached hydrogens (primary N) is 1. The van der Waals surface area contributed by atoms with Crippen LogP contribution < -0.4 is 16.6 Å². The van der Waals surface area contributed by atoms with Gasteiger partial charge >= 0.3 is 0 Å². The second-order valence-electron chi connectivity index (χ2n) is 3.89. The maximum atomic E-state index is 5.33. The largest absolute Gasteiger partial charge is 0.369 e. The Morgan fingerprint density at radius 1 is 1.22 bits per heavy atom. The molecule has 4 N–H and O–H groups in total. The van der Waals surface area contributed by atoms with Gasteiger partial charge in [-0.05, 0) is 13.8 Å². The molecule has 6 nitrogen and oxygen atoms in total. The van der Waals surface area contributed by atoms with Gasteiger partial charge in [0.1, 0.15) is 17.5 Å². The molecule has 0 saturated heterocycles. The predicted molar refractivity (Wildman–Crippen MR) is 73.6 cm³/mol. The Balaban J connectivity index is 1.91. The number of hydrogen-bond acceptors (Lipinski definition) is 7. The van der Waals surface area contributed by atoms with Crippen LogP contribution in [0.25, 0.3) is 0 Å². The van der Waals surface area contributed by atoms with Crippen molar-refractivity contribution >= 4 is 23.0 Å². The van der Waals surface area contributed by atoms with Crippen molar-refractivity contribution in [2.45, 2.75) is 20.3 Å². The number of rotatable bonds is 5. The van der Waals surface area contributed by atoms with Gasteiger partial charge in [-0.1, -0.05) is 0 Å². The van der Waals surface area contributed by atoms with Gasteiger partial charge in [0, 0.05) is 30.1 Å². The van der Waals surface area contributed by atoms with E-state index < -0.39 is 0 Å². The molecule has 0 aliphatic rings. The van der Waals surface area contributed by atoms with E-state index in [1.54, 1.807) is 17.4 Å². The number of hydrazine groups is 1. The summed E-state index contributed by atoms with van der Waals surface area (Å²) in [6.45, 7) is 4.62. The Kier molecular flexibility index (Phi) is 4.06. The van der Waals surface area contributed by atoms with Crippen LogP contribution >= 0.6 is 11.3 Å². The third-order valence-electron chi connectivity index (χ3n) is 2.30. The van der Waals surface area contributed by atoms with Crippen molar-refractivity contribution < 1.29 is 0 Å². The number of aryl methyl sites for hydroxylation is 2. The number of nitrogens with one attached hydrogen (secondary N) is 2. The minimum absolute atomic E-state index is 0.607. The summed E-state index contributed by atoms with van der Waals surface area (Å²) >= 11 is 1.68. The Morgan fingerprint density at radius 2 is 2.00 bits per heavy atom. The first-order chi connectivity index (χ1) is 8.67. The molecule has 7 heteroatoms. The van der Waals surface area contributed by atoms with Crippen molar-refractivity contribution in [1.82, 2.24) is 15.0 Å². The van der Waals surface area contributed by atoms with E-state index in [-0.39, 0.29) is 0 Å². The molecule has 2 aromatic heterocycles. The molecule has 2 rings (SSSR count). The number of anilines is 2. The molecule has 0 unspecified atom stereocenters. The fraction of sp³-hybridized carbons (Fsp3) is 0.364. The van der Waals surface area contributed by atoms with E-state index in [1.165, 1.54) is 0 Å². The summed E-state index contributed by atoms with van der Waals surface area (Å²) in [6.07, 6.45) is 0.882. The number of nitrogens with zero attached hydrogens (tertiary/aromatic N) is 3. The molecule has 0 atom stereocenters. The van der Waals surface area contributed by atoms with E-state index in [9.17, 15) is 0 Å². The lowest BCUT2D eigenvalue weighted by Gasteiger charge is -2.07. The minimum Gasteiger partial charge on any atom is -0.369 e. The fourth-order valence-corrected chi connectivity index (χ4v) is 2.32. The van der Waals surface area contributed by atoms with Crippen molar-refractivity contribution in [1.29, 1.82) is 0 Å². The molecule has 18 heavy (non-hydrogen) atoms. The highest BCUT2D eigenvalue weighted by molar-refractivity contribution is 7.09. The van der Waals surface area contributed by atoms with Crippen LogP contribution in [0.15, 0.2) is 11.4 Å². The van der Waals surface area contributed by atoms with Crippen LogP contribution in [0.1, 0.15) is 16.5 Å². The van der Waals surface area contributed by atoms with Gasteiger partial charge in [0.15, 0.2) is 0 Å². The molecule has 0 saturated carbocycles. The molecule has 0 aromatic carbocycles. The molecule has 0 aliphatic heterocycles.